The molecule has 3 heteroatoms. The summed E-state index contributed by atoms with van der Waals surface area (Å²) in [7, 11) is 0. The minimum atomic E-state index is -0.322. The van der Waals surface area contributed by atoms with E-state index in [1.807, 2.05) is 91.0 Å². The minimum absolute atomic E-state index is 0.307. The van der Waals surface area contributed by atoms with Crippen LogP contribution in [-0.4, -0.2) is 16.9 Å². The summed E-state index contributed by atoms with van der Waals surface area (Å²) in [5.41, 5.74) is 3.09. The molecule has 0 saturated carbocycles. The molecule has 27 heavy (non-hydrogen) atoms. The van der Waals surface area contributed by atoms with E-state index in [0.29, 0.717) is 13.2 Å². The lowest BCUT2D eigenvalue weighted by Gasteiger charge is -2.32. The highest BCUT2D eigenvalue weighted by atomic mass is 16.5. The normalized spacial score (nSPS) is 13.3. The van der Waals surface area contributed by atoms with Crippen molar-refractivity contribution in [2.24, 2.45) is 0 Å². The Bertz CT molecular complexity index is 806. The van der Waals surface area contributed by atoms with Crippen LogP contribution >= 0.6 is 0 Å². The van der Waals surface area contributed by atoms with Crippen molar-refractivity contribution in [3.8, 4) is 0 Å². The standard InChI is InChI=1S/C24H25NO2/c1-2-23(21-14-8-4-9-15-21)25(26)24(22-16-10-5-11-17-22)19-27-18-20-12-6-3-7-13-20/h2-17,23-24,26H,1,18-19H2/t23-,24+/m1/s1. The molecule has 138 valence electrons. The molecule has 3 aromatic rings. The van der Waals surface area contributed by atoms with E-state index in [0.717, 1.165) is 16.7 Å². The Balaban J connectivity index is 1.77. The average molecular weight is 359 g/mol. The number of hydroxylamine groups is 2. The van der Waals surface area contributed by atoms with Crippen LogP contribution in [0.25, 0.3) is 0 Å². The van der Waals surface area contributed by atoms with E-state index in [1.165, 1.54) is 5.06 Å². The lowest BCUT2D eigenvalue weighted by Crippen LogP contribution is -2.32. The highest BCUT2D eigenvalue weighted by Crippen LogP contribution is 2.30. The monoisotopic (exact) mass is 359 g/mol. The van der Waals surface area contributed by atoms with Gasteiger partial charge in [0.05, 0.1) is 25.3 Å². The molecule has 0 heterocycles. The van der Waals surface area contributed by atoms with Crippen molar-refractivity contribution in [3.63, 3.8) is 0 Å². The first-order valence-corrected chi connectivity index (χ1v) is 9.11. The third kappa shape index (κ3) is 5.14. The van der Waals surface area contributed by atoms with Crippen molar-refractivity contribution < 1.29 is 9.94 Å². The molecule has 0 radical (unpaired) electrons. The maximum Gasteiger partial charge on any atom is 0.0844 e. The molecule has 0 bridgehead atoms. The Morgan fingerprint density at radius 1 is 0.815 bits per heavy atom. The number of hydrogen-bond acceptors (Lipinski definition) is 3. The molecule has 0 aliphatic carbocycles. The molecule has 0 fully saturated rings. The minimum Gasteiger partial charge on any atom is -0.375 e. The molecule has 3 rings (SSSR count). The van der Waals surface area contributed by atoms with E-state index in [-0.39, 0.29) is 12.1 Å². The SMILES string of the molecule is C=C[C@H](c1ccccc1)N(O)[C@@H](COCc1ccccc1)c1ccccc1. The molecule has 0 saturated heterocycles. The molecule has 0 aliphatic rings. The van der Waals surface area contributed by atoms with Gasteiger partial charge in [-0.25, -0.2) is 0 Å². The number of hydrogen-bond donors (Lipinski definition) is 1. The number of ether oxygens (including phenoxy) is 1. The molecular formula is C24H25NO2. The van der Waals surface area contributed by atoms with E-state index in [9.17, 15) is 5.21 Å². The Morgan fingerprint density at radius 2 is 1.33 bits per heavy atom. The highest BCUT2D eigenvalue weighted by Gasteiger charge is 2.26. The lowest BCUT2D eigenvalue weighted by molar-refractivity contribution is -0.167. The van der Waals surface area contributed by atoms with E-state index in [4.69, 9.17) is 4.74 Å². The Kier molecular flexibility index (Phi) is 6.94. The van der Waals surface area contributed by atoms with Gasteiger partial charge in [-0.1, -0.05) is 97.1 Å². The van der Waals surface area contributed by atoms with E-state index in [1.54, 1.807) is 6.08 Å². The van der Waals surface area contributed by atoms with Gasteiger partial charge in [-0.2, -0.15) is 5.06 Å². The largest absolute Gasteiger partial charge is 0.375 e. The summed E-state index contributed by atoms with van der Waals surface area (Å²) in [6.07, 6.45) is 1.75. The van der Waals surface area contributed by atoms with Crippen LogP contribution in [-0.2, 0) is 11.3 Å². The Labute approximate surface area is 161 Å². The molecule has 0 aliphatic heterocycles. The number of rotatable bonds is 9. The van der Waals surface area contributed by atoms with Crippen LogP contribution < -0.4 is 0 Å². The maximum atomic E-state index is 11.1. The summed E-state index contributed by atoms with van der Waals surface area (Å²) in [5, 5.41) is 12.4. The van der Waals surface area contributed by atoms with Gasteiger partial charge in [0, 0.05) is 0 Å². The molecule has 2 atom stereocenters. The molecule has 1 N–H and O–H groups in total. The molecule has 0 spiro atoms. The second kappa shape index (κ2) is 9.83. The molecular weight excluding hydrogens is 334 g/mol. The zero-order valence-electron chi connectivity index (χ0n) is 15.3. The van der Waals surface area contributed by atoms with Gasteiger partial charge in [-0.05, 0) is 16.7 Å². The first kappa shape index (κ1) is 19.1. The second-order valence-corrected chi connectivity index (χ2v) is 6.40. The van der Waals surface area contributed by atoms with Crippen LogP contribution in [0.3, 0.4) is 0 Å². The first-order chi connectivity index (χ1) is 13.3. The van der Waals surface area contributed by atoms with Gasteiger partial charge in [0.1, 0.15) is 0 Å². The van der Waals surface area contributed by atoms with Gasteiger partial charge >= 0.3 is 0 Å². The number of nitrogens with zero attached hydrogens (tertiary/aromatic N) is 1. The molecule has 3 nitrogen and oxygen atoms in total. The molecule has 0 aromatic heterocycles. The van der Waals surface area contributed by atoms with Gasteiger partial charge in [-0.15, -0.1) is 6.58 Å². The van der Waals surface area contributed by atoms with Crippen LogP contribution in [0.5, 0.6) is 0 Å². The van der Waals surface area contributed by atoms with Crippen molar-refractivity contribution >= 4 is 0 Å². The van der Waals surface area contributed by atoms with Gasteiger partial charge < -0.3 is 9.94 Å². The first-order valence-electron chi connectivity index (χ1n) is 9.11. The third-order valence-electron chi connectivity index (χ3n) is 4.54. The summed E-state index contributed by atoms with van der Waals surface area (Å²) >= 11 is 0. The zero-order valence-corrected chi connectivity index (χ0v) is 15.3. The fourth-order valence-electron chi connectivity index (χ4n) is 3.10. The second-order valence-electron chi connectivity index (χ2n) is 6.40. The molecule has 3 aromatic carbocycles. The van der Waals surface area contributed by atoms with Gasteiger partial charge in [0.25, 0.3) is 0 Å². The predicted molar refractivity (Wildman–Crippen MR) is 108 cm³/mol. The van der Waals surface area contributed by atoms with Gasteiger partial charge in [0.2, 0.25) is 0 Å². The summed E-state index contributed by atoms with van der Waals surface area (Å²) in [6, 6.07) is 29.2. The quantitative estimate of drug-likeness (QED) is 0.401. The van der Waals surface area contributed by atoms with Crippen LogP contribution in [0.4, 0.5) is 0 Å². The van der Waals surface area contributed by atoms with Crippen molar-refractivity contribution in [2.75, 3.05) is 6.61 Å². The fraction of sp³-hybridized carbons (Fsp3) is 0.167. The summed E-state index contributed by atoms with van der Waals surface area (Å²) in [5.74, 6) is 0. The van der Waals surface area contributed by atoms with Gasteiger partial charge in [-0.3, -0.25) is 0 Å². The van der Waals surface area contributed by atoms with Crippen LogP contribution in [0.1, 0.15) is 28.8 Å². The Hall–Kier alpha value is -2.72. The fourth-order valence-corrected chi connectivity index (χ4v) is 3.10. The summed E-state index contributed by atoms with van der Waals surface area (Å²) < 4.78 is 5.95. The lowest BCUT2D eigenvalue weighted by atomic mass is 10.0. The Morgan fingerprint density at radius 3 is 1.89 bits per heavy atom. The smallest absolute Gasteiger partial charge is 0.0844 e. The van der Waals surface area contributed by atoms with Crippen LogP contribution in [0.15, 0.2) is 104 Å². The van der Waals surface area contributed by atoms with Crippen LogP contribution in [0, 0.1) is 0 Å². The van der Waals surface area contributed by atoms with Crippen molar-refractivity contribution in [1.29, 1.82) is 0 Å². The maximum absolute atomic E-state index is 11.1. The molecule has 0 amide bonds. The van der Waals surface area contributed by atoms with Crippen molar-refractivity contribution in [2.45, 2.75) is 18.7 Å². The van der Waals surface area contributed by atoms with Crippen molar-refractivity contribution in [1.82, 2.24) is 5.06 Å². The highest BCUT2D eigenvalue weighted by molar-refractivity contribution is 5.25. The van der Waals surface area contributed by atoms with E-state index >= 15 is 0 Å². The average Bonchev–Trinajstić information content (AvgIpc) is 2.74. The summed E-state index contributed by atoms with van der Waals surface area (Å²) in [6.45, 7) is 4.79. The molecule has 0 unspecified atom stereocenters. The van der Waals surface area contributed by atoms with Crippen LogP contribution in [0.2, 0.25) is 0 Å². The third-order valence-corrected chi connectivity index (χ3v) is 4.54. The van der Waals surface area contributed by atoms with E-state index < -0.39 is 0 Å². The van der Waals surface area contributed by atoms with Gasteiger partial charge in [0.15, 0.2) is 0 Å². The summed E-state index contributed by atoms with van der Waals surface area (Å²) in [4.78, 5) is 0. The predicted octanol–water partition coefficient (Wildman–Crippen LogP) is 5.56. The topological polar surface area (TPSA) is 32.7 Å². The van der Waals surface area contributed by atoms with E-state index in [2.05, 4.69) is 6.58 Å². The number of benzene rings is 3. The van der Waals surface area contributed by atoms with Crippen molar-refractivity contribution in [3.05, 3.63) is 120 Å². The zero-order chi connectivity index (χ0) is 18.9.